The van der Waals surface area contributed by atoms with E-state index in [9.17, 15) is 14.7 Å². The second kappa shape index (κ2) is 5.34. The molecule has 6 nitrogen and oxygen atoms in total. The summed E-state index contributed by atoms with van der Waals surface area (Å²) >= 11 is 6.03. The van der Waals surface area contributed by atoms with E-state index in [2.05, 4.69) is 10.4 Å². The third-order valence-electron chi connectivity index (χ3n) is 4.40. The van der Waals surface area contributed by atoms with Crippen molar-refractivity contribution in [2.45, 2.75) is 12.5 Å². The van der Waals surface area contributed by atoms with Crippen LogP contribution in [0.3, 0.4) is 0 Å². The fraction of sp³-hybridized carbons (Fsp3) is 0.111. The Balaban J connectivity index is 1.98. The van der Waals surface area contributed by atoms with Crippen LogP contribution in [-0.2, 0) is 10.4 Å². The van der Waals surface area contributed by atoms with Crippen LogP contribution in [0.15, 0.2) is 53.3 Å². The standard InChI is InChI=1S/C18H14ClN3O3/c1-10-15(16(23)22(21-10)12-5-3-2-4-6-12)18(25)13-9-11(19)7-8-14(13)20-17(18)24/h2-9,21,25H,1H3,(H,20,24). The first kappa shape index (κ1) is 15.7. The maximum atomic E-state index is 13.0. The molecule has 3 N–H and O–H groups in total. The number of aromatic nitrogens is 2. The van der Waals surface area contributed by atoms with Crippen LogP contribution in [0.2, 0.25) is 5.02 Å². The number of hydrogen-bond donors (Lipinski definition) is 3. The van der Waals surface area contributed by atoms with E-state index in [1.165, 1.54) is 10.7 Å². The van der Waals surface area contributed by atoms with E-state index in [0.717, 1.165) is 0 Å². The summed E-state index contributed by atoms with van der Waals surface area (Å²) in [5, 5.41) is 17.1. The molecule has 1 aromatic heterocycles. The monoisotopic (exact) mass is 355 g/mol. The molecule has 0 fully saturated rings. The maximum Gasteiger partial charge on any atom is 0.278 e. The highest BCUT2D eigenvalue weighted by atomic mass is 35.5. The van der Waals surface area contributed by atoms with E-state index < -0.39 is 17.1 Å². The number of H-pyrrole nitrogens is 1. The van der Waals surface area contributed by atoms with Crippen LogP contribution in [0.4, 0.5) is 5.69 Å². The number of rotatable bonds is 2. The highest BCUT2D eigenvalue weighted by Gasteiger charge is 2.50. The van der Waals surface area contributed by atoms with Crippen molar-refractivity contribution in [2.75, 3.05) is 5.32 Å². The van der Waals surface area contributed by atoms with Crippen LogP contribution in [0, 0.1) is 6.92 Å². The molecule has 1 aliphatic rings. The molecule has 7 heteroatoms. The number of aromatic amines is 1. The molecule has 1 aliphatic heterocycles. The van der Waals surface area contributed by atoms with Crippen molar-refractivity contribution in [1.82, 2.24) is 9.78 Å². The first-order valence-electron chi connectivity index (χ1n) is 7.64. The Hall–Kier alpha value is -2.83. The number of carbonyl (C=O) groups excluding carboxylic acids is 1. The van der Waals surface area contributed by atoms with Crippen LogP contribution in [0.1, 0.15) is 16.8 Å². The number of carbonyl (C=O) groups is 1. The van der Waals surface area contributed by atoms with E-state index in [1.807, 2.05) is 6.07 Å². The van der Waals surface area contributed by atoms with Crippen molar-refractivity contribution < 1.29 is 9.90 Å². The number of amides is 1. The zero-order chi connectivity index (χ0) is 17.8. The molecule has 0 aliphatic carbocycles. The van der Waals surface area contributed by atoms with Crippen LogP contribution in [0.25, 0.3) is 5.69 Å². The summed E-state index contributed by atoms with van der Waals surface area (Å²) < 4.78 is 1.30. The topological polar surface area (TPSA) is 87.1 Å². The second-order valence-corrected chi connectivity index (χ2v) is 6.38. The molecule has 0 radical (unpaired) electrons. The van der Waals surface area contributed by atoms with Gasteiger partial charge in [-0.15, -0.1) is 0 Å². The summed E-state index contributed by atoms with van der Waals surface area (Å²) in [6.45, 7) is 1.64. The predicted molar refractivity (Wildman–Crippen MR) is 94.2 cm³/mol. The van der Waals surface area contributed by atoms with Gasteiger partial charge in [0.05, 0.1) is 11.3 Å². The van der Waals surface area contributed by atoms with Crippen LogP contribution in [-0.4, -0.2) is 20.8 Å². The molecule has 0 saturated heterocycles. The Morgan fingerprint density at radius 3 is 2.56 bits per heavy atom. The van der Waals surface area contributed by atoms with Crippen molar-refractivity contribution in [3.8, 4) is 5.69 Å². The van der Waals surface area contributed by atoms with Gasteiger partial charge in [0.2, 0.25) is 5.60 Å². The SMILES string of the molecule is Cc1[nH]n(-c2ccccc2)c(=O)c1C1(O)C(=O)Nc2ccc(Cl)cc21. The number of fused-ring (bicyclic) bond motifs is 1. The van der Waals surface area contributed by atoms with Crippen LogP contribution in [0.5, 0.6) is 0 Å². The van der Waals surface area contributed by atoms with Crippen molar-refractivity contribution in [1.29, 1.82) is 0 Å². The van der Waals surface area contributed by atoms with Gasteiger partial charge < -0.3 is 10.4 Å². The number of nitrogens with one attached hydrogen (secondary N) is 2. The Morgan fingerprint density at radius 2 is 1.84 bits per heavy atom. The summed E-state index contributed by atoms with van der Waals surface area (Å²) in [5.41, 5.74) is -0.899. The van der Waals surface area contributed by atoms with Gasteiger partial charge in [-0.2, -0.15) is 0 Å². The molecule has 25 heavy (non-hydrogen) atoms. The molecule has 1 unspecified atom stereocenters. The minimum Gasteiger partial charge on any atom is -0.371 e. The molecular formula is C18H14ClN3O3. The third-order valence-corrected chi connectivity index (χ3v) is 4.63. The van der Waals surface area contributed by atoms with Crippen molar-refractivity contribution in [2.24, 2.45) is 0 Å². The number of nitrogens with zero attached hydrogens (tertiary/aromatic N) is 1. The molecular weight excluding hydrogens is 342 g/mol. The molecule has 126 valence electrons. The lowest BCUT2D eigenvalue weighted by Crippen LogP contribution is -2.40. The van der Waals surface area contributed by atoms with E-state index >= 15 is 0 Å². The highest BCUT2D eigenvalue weighted by molar-refractivity contribution is 6.31. The van der Waals surface area contributed by atoms with E-state index in [1.54, 1.807) is 43.3 Å². The first-order valence-corrected chi connectivity index (χ1v) is 8.02. The highest BCUT2D eigenvalue weighted by Crippen LogP contribution is 2.41. The zero-order valence-corrected chi connectivity index (χ0v) is 14.0. The zero-order valence-electron chi connectivity index (χ0n) is 13.2. The van der Waals surface area contributed by atoms with Crippen molar-refractivity contribution >= 4 is 23.2 Å². The van der Waals surface area contributed by atoms with Crippen LogP contribution < -0.4 is 10.9 Å². The minimum atomic E-state index is -2.10. The van der Waals surface area contributed by atoms with Gasteiger partial charge in [-0.1, -0.05) is 29.8 Å². The van der Waals surface area contributed by atoms with Crippen LogP contribution >= 0.6 is 11.6 Å². The molecule has 2 heterocycles. The number of benzene rings is 2. The second-order valence-electron chi connectivity index (χ2n) is 5.94. The van der Waals surface area contributed by atoms with E-state index in [0.29, 0.717) is 22.1 Å². The van der Waals surface area contributed by atoms with Crippen molar-refractivity contribution in [3.05, 3.63) is 80.7 Å². The molecule has 2 aromatic carbocycles. The first-order chi connectivity index (χ1) is 11.9. The number of hydrogen-bond acceptors (Lipinski definition) is 3. The average Bonchev–Trinajstić information content (AvgIpc) is 3.03. The summed E-state index contributed by atoms with van der Waals surface area (Å²) in [6, 6.07) is 13.6. The largest absolute Gasteiger partial charge is 0.371 e. The van der Waals surface area contributed by atoms with Gasteiger partial charge in [0, 0.05) is 22.0 Å². The van der Waals surface area contributed by atoms with Gasteiger partial charge in [-0.25, -0.2) is 4.68 Å². The predicted octanol–water partition coefficient (Wildman–Crippen LogP) is 2.32. The molecule has 1 atom stereocenters. The molecule has 3 aromatic rings. The summed E-state index contributed by atoms with van der Waals surface area (Å²) in [6.07, 6.45) is 0. The Labute approximate surface area is 147 Å². The smallest absolute Gasteiger partial charge is 0.278 e. The number of anilines is 1. The number of para-hydroxylation sites is 1. The lowest BCUT2D eigenvalue weighted by molar-refractivity contribution is -0.129. The maximum absolute atomic E-state index is 13.0. The van der Waals surface area contributed by atoms with Gasteiger partial charge in [0.15, 0.2) is 0 Å². The summed E-state index contributed by atoms with van der Waals surface area (Å²) in [4.78, 5) is 25.5. The number of aryl methyl sites for hydroxylation is 1. The van der Waals surface area contributed by atoms with Gasteiger partial charge in [0.25, 0.3) is 11.5 Å². The number of aliphatic hydroxyl groups is 1. The van der Waals surface area contributed by atoms with E-state index in [-0.39, 0.29) is 11.1 Å². The lowest BCUT2D eigenvalue weighted by Gasteiger charge is -2.19. The average molecular weight is 356 g/mol. The quantitative estimate of drug-likeness (QED) is 0.659. The van der Waals surface area contributed by atoms with Gasteiger partial charge in [-0.3, -0.25) is 14.7 Å². The Kier molecular flexibility index (Phi) is 3.35. The van der Waals surface area contributed by atoms with Crippen molar-refractivity contribution in [3.63, 3.8) is 0 Å². The molecule has 1 amide bonds. The Bertz CT molecular complexity index is 1060. The molecule has 4 rings (SSSR count). The van der Waals surface area contributed by atoms with Gasteiger partial charge in [-0.05, 0) is 37.3 Å². The fourth-order valence-corrected chi connectivity index (χ4v) is 3.41. The minimum absolute atomic E-state index is 0.0186. The fourth-order valence-electron chi connectivity index (χ4n) is 3.24. The summed E-state index contributed by atoms with van der Waals surface area (Å²) in [5.74, 6) is -0.677. The normalized spacial score (nSPS) is 18.9. The number of halogens is 1. The van der Waals surface area contributed by atoms with Gasteiger partial charge >= 0.3 is 0 Å². The summed E-state index contributed by atoms with van der Waals surface area (Å²) in [7, 11) is 0. The van der Waals surface area contributed by atoms with E-state index in [4.69, 9.17) is 11.6 Å². The molecule has 0 bridgehead atoms. The molecule has 0 spiro atoms. The van der Waals surface area contributed by atoms with Gasteiger partial charge in [0.1, 0.15) is 0 Å². The molecule has 0 saturated carbocycles. The lowest BCUT2D eigenvalue weighted by atomic mass is 9.88. The Morgan fingerprint density at radius 1 is 1.12 bits per heavy atom. The third kappa shape index (κ3) is 2.15.